The third-order valence-corrected chi connectivity index (χ3v) is 8.98. The van der Waals surface area contributed by atoms with E-state index in [0.29, 0.717) is 18.1 Å². The van der Waals surface area contributed by atoms with Gasteiger partial charge in [0.2, 0.25) is 5.91 Å². The fraction of sp³-hybridized carbons (Fsp3) is 0.842. The van der Waals surface area contributed by atoms with Crippen molar-refractivity contribution in [3.63, 3.8) is 0 Å². The van der Waals surface area contributed by atoms with E-state index in [-0.39, 0.29) is 47.8 Å². The molecule has 0 bridgehead atoms. The van der Waals surface area contributed by atoms with E-state index in [0.717, 1.165) is 43.6 Å². The largest absolute Gasteiger partial charge is 0.481 e. The normalized spacial score (nSPS) is 33.2. The fourth-order valence-corrected chi connectivity index (χ4v) is 7.35. The molecule has 0 aromatic rings. The summed E-state index contributed by atoms with van der Waals surface area (Å²) in [5.74, 6) is 1.09. The van der Waals surface area contributed by atoms with E-state index >= 15 is 0 Å². The van der Waals surface area contributed by atoms with E-state index in [1.54, 1.807) is 11.8 Å². The van der Waals surface area contributed by atoms with Crippen LogP contribution in [-0.2, 0) is 9.59 Å². The molecule has 0 aliphatic carbocycles. The summed E-state index contributed by atoms with van der Waals surface area (Å²) in [6.07, 6.45) is 5.98. The van der Waals surface area contributed by atoms with E-state index in [9.17, 15) is 14.4 Å². The van der Waals surface area contributed by atoms with Crippen molar-refractivity contribution in [1.29, 1.82) is 0 Å². The van der Waals surface area contributed by atoms with Crippen molar-refractivity contribution in [3.05, 3.63) is 0 Å². The highest BCUT2D eigenvalue weighted by molar-refractivity contribution is 8.00. The topological polar surface area (TPSA) is 134 Å². The zero-order valence-electron chi connectivity index (χ0n) is 16.6. The first kappa shape index (κ1) is 22.6. The average Bonchev–Trinajstić information content (AvgIpc) is 3.32. The SMILES string of the molecule is N[C@H]1[C@@H](NC(=O)CCCC[C@@H]2SC[C@@H]3NC(=O)N[C@@H]32)CS[C@H]1CCCCC(=O)O. The van der Waals surface area contributed by atoms with Crippen molar-refractivity contribution in [2.75, 3.05) is 11.5 Å². The fourth-order valence-electron chi connectivity index (χ4n) is 4.30. The van der Waals surface area contributed by atoms with Crippen LogP contribution in [0.5, 0.6) is 0 Å². The molecule has 3 heterocycles. The van der Waals surface area contributed by atoms with E-state index in [2.05, 4.69) is 16.0 Å². The highest BCUT2D eigenvalue weighted by Gasteiger charge is 2.42. The second-order valence-corrected chi connectivity index (χ2v) is 10.7. The van der Waals surface area contributed by atoms with Gasteiger partial charge in [0.1, 0.15) is 0 Å². The molecule has 3 rings (SSSR count). The summed E-state index contributed by atoms with van der Waals surface area (Å²) in [5.41, 5.74) is 6.32. The number of rotatable bonds is 11. The molecule has 0 saturated carbocycles. The van der Waals surface area contributed by atoms with Crippen LogP contribution in [0.2, 0.25) is 0 Å². The summed E-state index contributed by atoms with van der Waals surface area (Å²) >= 11 is 3.69. The molecule has 164 valence electrons. The van der Waals surface area contributed by atoms with Crippen molar-refractivity contribution >= 4 is 41.4 Å². The van der Waals surface area contributed by atoms with Gasteiger partial charge in [0.25, 0.3) is 0 Å². The van der Waals surface area contributed by atoms with Gasteiger partial charge in [-0.25, -0.2) is 4.79 Å². The Hall–Kier alpha value is -1.13. The Bertz CT molecular complexity index is 609. The molecule has 6 N–H and O–H groups in total. The molecular formula is C19H32N4O4S2. The highest BCUT2D eigenvalue weighted by atomic mass is 32.2. The molecule has 29 heavy (non-hydrogen) atoms. The first-order valence-corrected chi connectivity index (χ1v) is 12.6. The lowest BCUT2D eigenvalue weighted by Crippen LogP contribution is -2.49. The predicted molar refractivity (Wildman–Crippen MR) is 116 cm³/mol. The number of carbonyl (C=O) groups is 3. The maximum absolute atomic E-state index is 12.3. The highest BCUT2D eigenvalue weighted by Crippen LogP contribution is 2.33. The molecule has 0 aromatic carbocycles. The number of amides is 3. The quantitative estimate of drug-likeness (QED) is 0.239. The predicted octanol–water partition coefficient (Wildman–Crippen LogP) is 1.28. The first-order chi connectivity index (χ1) is 13.9. The maximum Gasteiger partial charge on any atom is 0.315 e. The van der Waals surface area contributed by atoms with Gasteiger partial charge < -0.3 is 26.8 Å². The van der Waals surface area contributed by atoms with E-state index < -0.39 is 5.97 Å². The second kappa shape index (κ2) is 10.8. The van der Waals surface area contributed by atoms with Crippen LogP contribution >= 0.6 is 23.5 Å². The summed E-state index contributed by atoms with van der Waals surface area (Å²) in [6, 6.07) is 0.346. The number of urea groups is 1. The molecule has 0 unspecified atom stereocenters. The molecule has 0 spiro atoms. The summed E-state index contributed by atoms with van der Waals surface area (Å²) < 4.78 is 0. The van der Waals surface area contributed by atoms with Crippen molar-refractivity contribution in [2.45, 2.75) is 86.0 Å². The van der Waals surface area contributed by atoms with Crippen molar-refractivity contribution in [2.24, 2.45) is 5.73 Å². The molecule has 0 aromatic heterocycles. The van der Waals surface area contributed by atoms with Gasteiger partial charge in [-0.05, 0) is 25.7 Å². The maximum atomic E-state index is 12.3. The smallest absolute Gasteiger partial charge is 0.315 e. The Labute approximate surface area is 180 Å². The third-order valence-electron chi connectivity index (χ3n) is 5.94. The molecule has 3 amide bonds. The van der Waals surface area contributed by atoms with E-state index in [1.807, 2.05) is 11.8 Å². The summed E-state index contributed by atoms with van der Waals surface area (Å²) in [7, 11) is 0. The molecule has 0 radical (unpaired) electrons. The minimum absolute atomic E-state index is 0.00268. The number of nitrogens with two attached hydrogens (primary N) is 1. The number of fused-ring (bicyclic) bond motifs is 1. The van der Waals surface area contributed by atoms with Crippen LogP contribution in [0.3, 0.4) is 0 Å². The Kier molecular flexibility index (Phi) is 8.37. The van der Waals surface area contributed by atoms with Gasteiger partial charge in [-0.3, -0.25) is 9.59 Å². The lowest BCUT2D eigenvalue weighted by molar-refractivity contribution is -0.137. The first-order valence-electron chi connectivity index (χ1n) is 10.5. The number of thioether (sulfide) groups is 2. The number of hydrogen-bond donors (Lipinski definition) is 5. The van der Waals surface area contributed by atoms with Crippen molar-refractivity contribution in [3.8, 4) is 0 Å². The number of unbranched alkanes of at least 4 members (excludes halogenated alkanes) is 2. The second-order valence-electron chi connectivity index (χ2n) is 8.13. The number of aliphatic carboxylic acids is 1. The summed E-state index contributed by atoms with van der Waals surface area (Å²) in [6.45, 7) is 0. The number of carboxylic acid groups (broad SMARTS) is 1. The van der Waals surface area contributed by atoms with Gasteiger partial charge in [-0.2, -0.15) is 23.5 Å². The Balaban J connectivity index is 1.27. The molecule has 8 nitrogen and oxygen atoms in total. The zero-order chi connectivity index (χ0) is 20.8. The van der Waals surface area contributed by atoms with Crippen LogP contribution in [0.15, 0.2) is 0 Å². The van der Waals surface area contributed by atoms with Crippen LogP contribution in [0.4, 0.5) is 4.79 Å². The van der Waals surface area contributed by atoms with Crippen LogP contribution in [0.1, 0.15) is 51.4 Å². The molecule has 10 heteroatoms. The van der Waals surface area contributed by atoms with Crippen LogP contribution < -0.4 is 21.7 Å². The molecule has 3 fully saturated rings. The van der Waals surface area contributed by atoms with Crippen molar-refractivity contribution in [1.82, 2.24) is 16.0 Å². The third kappa shape index (κ3) is 6.42. The molecule has 3 aliphatic rings. The number of carboxylic acids is 1. The van der Waals surface area contributed by atoms with Crippen molar-refractivity contribution < 1.29 is 19.5 Å². The number of nitrogens with one attached hydrogen (secondary N) is 3. The average molecular weight is 445 g/mol. The van der Waals surface area contributed by atoms with E-state index in [4.69, 9.17) is 10.8 Å². The lowest BCUT2D eigenvalue weighted by atomic mass is 10.0. The molecule has 6 atom stereocenters. The Morgan fingerprint density at radius 3 is 2.48 bits per heavy atom. The molecule has 3 saturated heterocycles. The zero-order valence-corrected chi connectivity index (χ0v) is 18.2. The van der Waals surface area contributed by atoms with Gasteiger partial charge in [0.05, 0.1) is 18.1 Å². The minimum Gasteiger partial charge on any atom is -0.481 e. The van der Waals surface area contributed by atoms with Crippen LogP contribution in [-0.4, -0.2) is 69.2 Å². The van der Waals surface area contributed by atoms with Gasteiger partial charge in [-0.15, -0.1) is 0 Å². The van der Waals surface area contributed by atoms with Crippen LogP contribution in [0.25, 0.3) is 0 Å². The Morgan fingerprint density at radius 1 is 1.03 bits per heavy atom. The molecular weight excluding hydrogens is 412 g/mol. The minimum atomic E-state index is -0.755. The Morgan fingerprint density at radius 2 is 1.72 bits per heavy atom. The standard InChI is InChI=1S/C19H32N4O4S2/c20-17-11(9-28-13(17)5-2-4-8-16(25)26)21-15(24)7-3-1-6-14-18-12(10-29-14)22-19(27)23-18/h11-14,17-18H,1-10,20H2,(H,21,24)(H,25,26)(H2,22,23,27)/t11-,12-,13-,14-,17-,18-/m0/s1. The van der Waals surface area contributed by atoms with Gasteiger partial charge in [0, 0.05) is 40.9 Å². The van der Waals surface area contributed by atoms with Gasteiger partial charge in [-0.1, -0.05) is 12.8 Å². The number of carbonyl (C=O) groups excluding carboxylic acids is 2. The summed E-state index contributed by atoms with van der Waals surface area (Å²) in [5, 5.41) is 18.5. The van der Waals surface area contributed by atoms with E-state index in [1.165, 1.54) is 0 Å². The number of hydrogen-bond acceptors (Lipinski definition) is 6. The lowest BCUT2D eigenvalue weighted by Gasteiger charge is -2.21. The van der Waals surface area contributed by atoms with Gasteiger partial charge >= 0.3 is 12.0 Å². The monoisotopic (exact) mass is 444 g/mol. The summed E-state index contributed by atoms with van der Waals surface area (Å²) in [4.78, 5) is 34.3. The van der Waals surface area contributed by atoms with Crippen LogP contribution in [0, 0.1) is 0 Å². The molecule has 3 aliphatic heterocycles. The van der Waals surface area contributed by atoms with Gasteiger partial charge in [0.15, 0.2) is 0 Å².